The van der Waals surface area contributed by atoms with Crippen molar-refractivity contribution in [2.24, 2.45) is 0 Å². The van der Waals surface area contributed by atoms with E-state index in [1.807, 2.05) is 6.92 Å². The van der Waals surface area contributed by atoms with Crippen LogP contribution in [0.15, 0.2) is 17.2 Å². The highest BCUT2D eigenvalue weighted by Crippen LogP contribution is 2.33. The minimum Gasteiger partial charge on any atom is -0.298 e. The third kappa shape index (κ3) is 2.19. The number of carbonyl (C=O) groups is 1. The van der Waals surface area contributed by atoms with Crippen LogP contribution in [0, 0.1) is 0 Å². The Morgan fingerprint density at radius 2 is 2.20 bits per heavy atom. The zero-order chi connectivity index (χ0) is 10.8. The van der Waals surface area contributed by atoms with Crippen molar-refractivity contribution >= 4 is 5.78 Å². The summed E-state index contributed by atoms with van der Waals surface area (Å²) in [5.41, 5.74) is -0.0399. The number of carbonyl (C=O) groups excluding carboxylic acids is 1. The fourth-order valence-corrected chi connectivity index (χ4v) is 1.73. The van der Waals surface area contributed by atoms with Gasteiger partial charge in [-0.2, -0.15) is 0 Å². The Morgan fingerprint density at radius 1 is 1.47 bits per heavy atom. The van der Waals surface area contributed by atoms with E-state index < -0.39 is 0 Å². The topological polar surface area (TPSA) is 44.0 Å². The van der Waals surface area contributed by atoms with E-state index in [-0.39, 0.29) is 18.0 Å². The highest BCUT2D eigenvalue weighted by Gasteiger charge is 2.25. The molecule has 1 aromatic rings. The van der Waals surface area contributed by atoms with E-state index in [1.165, 1.54) is 4.57 Å². The van der Waals surface area contributed by atoms with Crippen LogP contribution in [0.1, 0.15) is 38.6 Å². The van der Waals surface area contributed by atoms with Crippen LogP contribution in [-0.4, -0.2) is 14.9 Å². The number of nitrogens with zero attached hydrogens (tertiary/aromatic N) is 2. The van der Waals surface area contributed by atoms with Gasteiger partial charge in [0.15, 0.2) is 5.78 Å². The molecule has 1 fully saturated rings. The lowest BCUT2D eigenvalue weighted by atomic mass is 10.2. The summed E-state index contributed by atoms with van der Waals surface area (Å²) >= 11 is 0. The minimum atomic E-state index is -0.0399. The first-order valence-electron chi connectivity index (χ1n) is 5.51. The van der Waals surface area contributed by atoms with E-state index >= 15 is 0 Å². The van der Waals surface area contributed by atoms with Crippen molar-refractivity contribution in [2.45, 2.75) is 45.2 Å². The molecule has 1 aliphatic carbocycles. The first kappa shape index (κ1) is 10.2. The number of ketones is 1. The Kier molecular flexibility index (Phi) is 2.75. The average molecular weight is 208 g/mol. The molecular formula is C11H16N2O2. The maximum Gasteiger partial charge on any atom is 0.328 e. The molecule has 1 saturated carbocycles. The molecule has 4 nitrogen and oxygen atoms in total. The van der Waals surface area contributed by atoms with Gasteiger partial charge in [0.25, 0.3) is 0 Å². The van der Waals surface area contributed by atoms with Gasteiger partial charge < -0.3 is 0 Å². The molecule has 0 amide bonds. The van der Waals surface area contributed by atoms with Crippen molar-refractivity contribution in [3.63, 3.8) is 0 Å². The third-order valence-electron chi connectivity index (χ3n) is 2.69. The van der Waals surface area contributed by atoms with Gasteiger partial charge in [0.2, 0.25) is 0 Å². The Morgan fingerprint density at radius 3 is 2.80 bits per heavy atom. The van der Waals surface area contributed by atoms with Crippen molar-refractivity contribution in [2.75, 3.05) is 0 Å². The lowest BCUT2D eigenvalue weighted by Crippen LogP contribution is -2.26. The molecule has 0 radical (unpaired) electrons. The van der Waals surface area contributed by atoms with Gasteiger partial charge in [-0.1, -0.05) is 6.92 Å². The Balaban J connectivity index is 2.08. The molecule has 0 atom stereocenters. The maximum atomic E-state index is 11.8. The monoisotopic (exact) mass is 208 g/mol. The Labute approximate surface area is 88.5 Å². The molecule has 0 aromatic carbocycles. The van der Waals surface area contributed by atoms with Crippen LogP contribution >= 0.6 is 0 Å². The van der Waals surface area contributed by atoms with Gasteiger partial charge in [0.05, 0.1) is 6.54 Å². The van der Waals surface area contributed by atoms with Crippen LogP contribution in [-0.2, 0) is 11.3 Å². The number of aromatic nitrogens is 2. The number of Topliss-reactive ketones (excluding diaryl/α,β-unsaturated/α-hetero) is 1. The zero-order valence-electron chi connectivity index (χ0n) is 8.98. The molecule has 0 unspecified atom stereocenters. The van der Waals surface area contributed by atoms with E-state index in [9.17, 15) is 9.59 Å². The summed E-state index contributed by atoms with van der Waals surface area (Å²) in [7, 11) is 0. The molecule has 15 heavy (non-hydrogen) atoms. The summed E-state index contributed by atoms with van der Waals surface area (Å²) in [6, 6.07) is 0.389. The van der Waals surface area contributed by atoms with E-state index in [2.05, 4.69) is 0 Å². The molecule has 0 aliphatic heterocycles. The van der Waals surface area contributed by atoms with Gasteiger partial charge in [0.1, 0.15) is 0 Å². The number of hydrogen-bond acceptors (Lipinski definition) is 2. The average Bonchev–Trinajstić information content (AvgIpc) is 2.96. The first-order valence-corrected chi connectivity index (χ1v) is 5.51. The second-order valence-corrected chi connectivity index (χ2v) is 4.14. The molecular weight excluding hydrogens is 192 g/mol. The molecule has 82 valence electrons. The highest BCUT2D eigenvalue weighted by molar-refractivity contribution is 5.78. The predicted molar refractivity (Wildman–Crippen MR) is 56.9 cm³/mol. The van der Waals surface area contributed by atoms with Gasteiger partial charge in [0, 0.05) is 24.9 Å². The summed E-state index contributed by atoms with van der Waals surface area (Å²) in [5, 5.41) is 0. The fourth-order valence-electron chi connectivity index (χ4n) is 1.73. The standard InChI is InChI=1S/C11H16N2O2/c1-2-3-10(14)8-12-6-7-13(11(12)15)9-4-5-9/h6-7,9H,2-5,8H2,1H3. The lowest BCUT2D eigenvalue weighted by molar-refractivity contribution is -0.119. The number of hydrogen-bond donors (Lipinski definition) is 0. The second-order valence-electron chi connectivity index (χ2n) is 4.14. The van der Waals surface area contributed by atoms with E-state index in [1.54, 1.807) is 17.0 Å². The number of imidazole rings is 1. The van der Waals surface area contributed by atoms with E-state index in [0.29, 0.717) is 12.5 Å². The van der Waals surface area contributed by atoms with Crippen molar-refractivity contribution in [1.82, 2.24) is 9.13 Å². The number of rotatable bonds is 5. The van der Waals surface area contributed by atoms with Crippen molar-refractivity contribution in [3.8, 4) is 0 Å². The van der Waals surface area contributed by atoms with Crippen molar-refractivity contribution in [3.05, 3.63) is 22.9 Å². The summed E-state index contributed by atoms with van der Waals surface area (Å²) in [6.07, 6.45) is 7.09. The van der Waals surface area contributed by atoms with Gasteiger partial charge in [-0.3, -0.25) is 13.9 Å². The maximum absolute atomic E-state index is 11.8. The minimum absolute atomic E-state index is 0.0399. The van der Waals surface area contributed by atoms with Crippen LogP contribution in [0.2, 0.25) is 0 Å². The van der Waals surface area contributed by atoms with Gasteiger partial charge in [-0.25, -0.2) is 4.79 Å². The third-order valence-corrected chi connectivity index (χ3v) is 2.69. The molecule has 0 saturated heterocycles. The molecule has 1 aliphatic rings. The van der Waals surface area contributed by atoms with Crippen LogP contribution in [0.3, 0.4) is 0 Å². The molecule has 4 heteroatoms. The molecule has 0 N–H and O–H groups in total. The van der Waals surface area contributed by atoms with Gasteiger partial charge in [-0.15, -0.1) is 0 Å². The SMILES string of the molecule is CCCC(=O)Cn1ccn(C2CC2)c1=O. The first-order chi connectivity index (χ1) is 7.22. The van der Waals surface area contributed by atoms with E-state index in [4.69, 9.17) is 0 Å². The van der Waals surface area contributed by atoms with Crippen molar-refractivity contribution < 1.29 is 4.79 Å². The summed E-state index contributed by atoms with van der Waals surface area (Å²) < 4.78 is 3.25. The molecule has 0 spiro atoms. The van der Waals surface area contributed by atoms with Crippen LogP contribution in [0.25, 0.3) is 0 Å². The smallest absolute Gasteiger partial charge is 0.298 e. The summed E-state index contributed by atoms with van der Waals surface area (Å²) in [5.74, 6) is 0.133. The summed E-state index contributed by atoms with van der Waals surface area (Å²) in [6.45, 7) is 2.20. The molecule has 1 heterocycles. The predicted octanol–water partition coefficient (Wildman–Crippen LogP) is 1.35. The van der Waals surface area contributed by atoms with Crippen LogP contribution < -0.4 is 5.69 Å². The zero-order valence-corrected chi connectivity index (χ0v) is 8.98. The van der Waals surface area contributed by atoms with Gasteiger partial charge >= 0.3 is 5.69 Å². The normalized spacial score (nSPS) is 15.5. The molecule has 0 bridgehead atoms. The molecule has 1 aromatic heterocycles. The van der Waals surface area contributed by atoms with Crippen LogP contribution in [0.5, 0.6) is 0 Å². The Hall–Kier alpha value is -1.32. The molecule has 2 rings (SSSR count). The quantitative estimate of drug-likeness (QED) is 0.733. The van der Waals surface area contributed by atoms with Crippen LogP contribution in [0.4, 0.5) is 0 Å². The fraction of sp³-hybridized carbons (Fsp3) is 0.636. The van der Waals surface area contributed by atoms with Crippen molar-refractivity contribution in [1.29, 1.82) is 0 Å². The van der Waals surface area contributed by atoms with Gasteiger partial charge in [-0.05, 0) is 19.3 Å². The Bertz CT molecular complexity index is 412. The largest absolute Gasteiger partial charge is 0.328 e. The second kappa shape index (κ2) is 4.04. The van der Waals surface area contributed by atoms with E-state index in [0.717, 1.165) is 19.3 Å². The summed E-state index contributed by atoms with van der Waals surface area (Å²) in [4.78, 5) is 23.2. The lowest BCUT2D eigenvalue weighted by Gasteiger charge is -1.99. The highest BCUT2D eigenvalue weighted by atomic mass is 16.2.